The highest BCUT2D eigenvalue weighted by Gasteiger charge is 2.57. The zero-order chi connectivity index (χ0) is 25.6. The van der Waals surface area contributed by atoms with Crippen LogP contribution in [0.4, 0.5) is 4.79 Å². The van der Waals surface area contributed by atoms with Crippen LogP contribution < -0.4 is 5.32 Å². The molecule has 0 aliphatic heterocycles. The Kier molecular flexibility index (Phi) is 7.75. The number of carbonyl (C=O) groups excluding carboxylic acids is 2. The first kappa shape index (κ1) is 27.0. The predicted molar refractivity (Wildman–Crippen MR) is 127 cm³/mol. The maximum absolute atomic E-state index is 12.5. The molecule has 4 aliphatic carbocycles. The van der Waals surface area contributed by atoms with Crippen molar-refractivity contribution in [3.05, 3.63) is 11.6 Å². The standard InChI is InChI=1S/C23H37NO9P2/c1-23-11-10-17-16-7-5-15(25)13-14(16)4-6-18(17)19(23)8-9-20(23)33-22(26)24-12-2-3-21(34(27,28)29)35(30,31)32/h13,16-21H,2-12H2,1H3,(H,24,26)(H2,27,28,29)(H2,30,31,32)/t16-,17+,18+,19-,20-,23-/m0/s1. The maximum Gasteiger partial charge on any atom is 0.407 e. The largest absolute Gasteiger partial charge is 0.446 e. The van der Waals surface area contributed by atoms with Crippen molar-refractivity contribution in [2.24, 2.45) is 29.1 Å². The SMILES string of the molecule is C[C@]12CC[C@H]3[C@@H](CCC4=CC(=O)CC[C@@H]43)[C@@H]1CC[C@@H]2OC(=O)NCCCC(P(=O)(O)O)P(=O)(O)O. The van der Waals surface area contributed by atoms with Crippen LogP contribution in [0.15, 0.2) is 11.6 Å². The molecule has 198 valence electrons. The lowest BCUT2D eigenvalue weighted by Gasteiger charge is -2.53. The summed E-state index contributed by atoms with van der Waals surface area (Å²) in [6.07, 6.45) is 8.19. The first-order valence-corrected chi connectivity index (χ1v) is 15.9. The minimum atomic E-state index is -4.96. The summed E-state index contributed by atoms with van der Waals surface area (Å²) in [4.78, 5) is 61.1. The molecule has 0 heterocycles. The molecular weight excluding hydrogens is 496 g/mol. The van der Waals surface area contributed by atoms with Crippen LogP contribution in [0.2, 0.25) is 0 Å². The number of fused-ring (bicyclic) bond motifs is 5. The van der Waals surface area contributed by atoms with Gasteiger partial charge in [-0.05, 0) is 87.5 Å². The van der Waals surface area contributed by atoms with E-state index in [2.05, 4.69) is 12.2 Å². The third-order valence-electron chi connectivity index (χ3n) is 9.15. The number of hydrogen-bond donors (Lipinski definition) is 5. The van der Waals surface area contributed by atoms with Crippen molar-refractivity contribution in [2.45, 2.75) is 82.6 Å². The highest BCUT2D eigenvalue weighted by atomic mass is 31.2. The summed E-state index contributed by atoms with van der Waals surface area (Å²) in [5, 5.41) is 0.508. The van der Waals surface area contributed by atoms with Crippen molar-refractivity contribution < 1.29 is 43.0 Å². The summed E-state index contributed by atoms with van der Waals surface area (Å²) in [5.41, 5.74) is 1.24. The molecule has 4 aliphatic rings. The Morgan fingerprint density at radius 1 is 1.09 bits per heavy atom. The Morgan fingerprint density at radius 3 is 2.49 bits per heavy atom. The number of carbonyl (C=O) groups is 2. The number of allylic oxidation sites excluding steroid dienone is 1. The molecular formula is C23H37NO9P2. The number of amides is 1. The normalized spacial score (nSPS) is 35.1. The van der Waals surface area contributed by atoms with E-state index in [0.29, 0.717) is 30.1 Å². The maximum atomic E-state index is 12.5. The molecule has 10 nitrogen and oxygen atoms in total. The van der Waals surface area contributed by atoms with Crippen LogP contribution in [0.3, 0.4) is 0 Å². The number of alkyl carbamates (subject to hydrolysis) is 1. The summed E-state index contributed by atoms with van der Waals surface area (Å²) < 4.78 is 28.6. The van der Waals surface area contributed by atoms with Crippen LogP contribution in [-0.2, 0) is 18.7 Å². The van der Waals surface area contributed by atoms with Gasteiger partial charge in [-0.2, -0.15) is 0 Å². The minimum absolute atomic E-state index is 0.00239. The number of rotatable bonds is 7. The van der Waals surface area contributed by atoms with Crippen LogP contribution in [-0.4, -0.2) is 49.5 Å². The highest BCUT2D eigenvalue weighted by molar-refractivity contribution is 7.70. The van der Waals surface area contributed by atoms with Gasteiger partial charge in [0.2, 0.25) is 0 Å². The van der Waals surface area contributed by atoms with E-state index in [1.807, 2.05) is 6.08 Å². The molecule has 6 atom stereocenters. The molecule has 5 N–H and O–H groups in total. The molecule has 4 rings (SSSR count). The molecule has 0 aromatic heterocycles. The van der Waals surface area contributed by atoms with Gasteiger partial charge < -0.3 is 29.6 Å². The second-order valence-electron chi connectivity index (χ2n) is 11.0. The van der Waals surface area contributed by atoms with Crippen molar-refractivity contribution in [1.82, 2.24) is 5.32 Å². The zero-order valence-corrected chi connectivity index (χ0v) is 21.8. The molecule has 12 heteroatoms. The number of nitrogens with one attached hydrogen (secondary N) is 1. The molecule has 0 saturated heterocycles. The molecule has 3 fully saturated rings. The van der Waals surface area contributed by atoms with Gasteiger partial charge in [0.25, 0.3) is 0 Å². The van der Waals surface area contributed by atoms with Gasteiger partial charge in [0.05, 0.1) is 0 Å². The third-order valence-corrected chi connectivity index (χ3v) is 13.0. The molecule has 0 radical (unpaired) electrons. The summed E-state index contributed by atoms with van der Waals surface area (Å²) in [6, 6.07) is 0. The van der Waals surface area contributed by atoms with Crippen molar-refractivity contribution in [3.63, 3.8) is 0 Å². The first-order chi connectivity index (χ1) is 16.3. The predicted octanol–water partition coefficient (Wildman–Crippen LogP) is 3.68. The Balaban J connectivity index is 1.30. The lowest BCUT2D eigenvalue weighted by atomic mass is 9.52. The first-order valence-electron chi connectivity index (χ1n) is 12.6. The van der Waals surface area contributed by atoms with Gasteiger partial charge in [-0.3, -0.25) is 13.9 Å². The van der Waals surface area contributed by atoms with E-state index in [9.17, 15) is 38.3 Å². The summed E-state index contributed by atoms with van der Waals surface area (Å²) in [5.74, 6) is 2.44. The Bertz CT molecular complexity index is 950. The fourth-order valence-corrected chi connectivity index (χ4v) is 10.1. The smallest absolute Gasteiger partial charge is 0.407 e. The zero-order valence-electron chi connectivity index (χ0n) is 20.0. The van der Waals surface area contributed by atoms with E-state index in [4.69, 9.17) is 4.74 Å². The third kappa shape index (κ3) is 5.63. The van der Waals surface area contributed by atoms with Crippen LogP contribution in [0, 0.1) is 29.1 Å². The van der Waals surface area contributed by atoms with Crippen LogP contribution in [0.25, 0.3) is 0 Å². The number of hydrogen-bond acceptors (Lipinski definition) is 5. The summed E-state index contributed by atoms with van der Waals surface area (Å²) in [7, 11) is -9.93. The Labute approximate surface area is 205 Å². The summed E-state index contributed by atoms with van der Waals surface area (Å²) in [6.45, 7) is 2.22. The van der Waals surface area contributed by atoms with Gasteiger partial charge in [0.1, 0.15) is 6.10 Å². The van der Waals surface area contributed by atoms with E-state index in [1.54, 1.807) is 0 Å². The van der Waals surface area contributed by atoms with Gasteiger partial charge in [-0.1, -0.05) is 12.5 Å². The van der Waals surface area contributed by atoms with Crippen molar-refractivity contribution in [1.29, 1.82) is 0 Å². The second-order valence-corrected chi connectivity index (χ2v) is 15.1. The van der Waals surface area contributed by atoms with E-state index in [0.717, 1.165) is 44.9 Å². The van der Waals surface area contributed by atoms with Crippen LogP contribution >= 0.6 is 15.2 Å². The lowest BCUT2D eigenvalue weighted by molar-refractivity contribution is -0.116. The van der Waals surface area contributed by atoms with E-state index in [1.165, 1.54) is 5.57 Å². The topological polar surface area (TPSA) is 170 Å². The minimum Gasteiger partial charge on any atom is -0.446 e. The molecule has 0 aromatic rings. The second kappa shape index (κ2) is 10.0. The van der Waals surface area contributed by atoms with Gasteiger partial charge >= 0.3 is 21.3 Å². The van der Waals surface area contributed by atoms with E-state index < -0.39 is 33.1 Å². The van der Waals surface area contributed by atoms with Gasteiger partial charge in [0.15, 0.2) is 11.2 Å². The van der Waals surface area contributed by atoms with E-state index >= 15 is 0 Å². The average molecular weight is 533 g/mol. The quantitative estimate of drug-likeness (QED) is 0.242. The average Bonchev–Trinajstić information content (AvgIpc) is 3.07. The Hall–Kier alpha value is -1.02. The van der Waals surface area contributed by atoms with Crippen molar-refractivity contribution in [3.8, 4) is 0 Å². The van der Waals surface area contributed by atoms with E-state index in [-0.39, 0.29) is 30.3 Å². The van der Waals surface area contributed by atoms with Crippen LogP contribution in [0.5, 0.6) is 0 Å². The summed E-state index contributed by atoms with van der Waals surface area (Å²) >= 11 is 0. The monoisotopic (exact) mass is 533 g/mol. The van der Waals surface area contributed by atoms with Gasteiger partial charge in [-0.15, -0.1) is 0 Å². The molecule has 0 aromatic carbocycles. The molecule has 35 heavy (non-hydrogen) atoms. The fraction of sp³-hybridized carbons (Fsp3) is 0.826. The Morgan fingerprint density at radius 2 is 1.80 bits per heavy atom. The molecule has 3 saturated carbocycles. The van der Waals surface area contributed by atoms with Gasteiger partial charge in [-0.25, -0.2) is 4.79 Å². The highest BCUT2D eigenvalue weighted by Crippen LogP contribution is 2.63. The van der Waals surface area contributed by atoms with Gasteiger partial charge in [0, 0.05) is 18.4 Å². The van der Waals surface area contributed by atoms with Crippen LogP contribution in [0.1, 0.15) is 71.1 Å². The number of ether oxygens (including phenoxy) is 1. The molecule has 1 amide bonds. The van der Waals surface area contributed by atoms with Crippen molar-refractivity contribution >= 4 is 27.1 Å². The molecule has 0 spiro atoms. The molecule has 0 unspecified atom stereocenters. The lowest BCUT2D eigenvalue weighted by Crippen LogP contribution is -2.48. The fourth-order valence-electron chi connectivity index (χ4n) is 7.50. The van der Waals surface area contributed by atoms with Crippen molar-refractivity contribution in [2.75, 3.05) is 6.54 Å². The number of ketones is 1. The molecule has 0 bridgehead atoms.